The number of aryl methyl sites for hydroxylation is 1. The van der Waals surface area contributed by atoms with Crippen LogP contribution >= 0.6 is 11.3 Å². The molecule has 3 aromatic heterocycles. The Morgan fingerprint density at radius 1 is 1.14 bits per heavy atom. The van der Waals surface area contributed by atoms with Gasteiger partial charge in [0.2, 0.25) is 5.91 Å². The van der Waals surface area contributed by atoms with Crippen molar-refractivity contribution in [1.29, 1.82) is 0 Å². The summed E-state index contributed by atoms with van der Waals surface area (Å²) in [6.45, 7) is 13.8. The molecular weight excluding hydrogens is 837 g/mol. The molecule has 0 radical (unpaired) electrons. The number of amides is 4. The first-order valence-corrected chi connectivity index (χ1v) is 23.2. The molecule has 3 N–H and O–H groups in total. The number of carbonyl (C=O) groups is 4. The molecule has 0 spiro atoms. The SMILES string of the molecule is CCn1c(-c2cccnc2[C@H](C)OC)c2c3cc(ccc31)-c1csc(n1)C[C@H](NC(=O)C(C(C)C)N(C)C(=O)N1CC([C@@H](CO)OC)C1)C(=O)N1CCC[C@H](N1)C(=O)OCC(C)(C)C2. The number of nitrogens with one attached hydrogen (secondary N) is 2. The highest BCUT2D eigenvalue weighted by atomic mass is 32.1. The van der Waals surface area contributed by atoms with Crippen molar-refractivity contribution in [3.05, 3.63) is 58.2 Å². The minimum absolute atomic E-state index is 0.0137. The van der Waals surface area contributed by atoms with Crippen LogP contribution in [0, 0.1) is 17.3 Å². The van der Waals surface area contributed by atoms with Crippen LogP contribution in [0.25, 0.3) is 33.4 Å². The number of hydrogen-bond acceptors (Lipinski definition) is 12. The van der Waals surface area contributed by atoms with E-state index in [0.29, 0.717) is 50.4 Å². The zero-order chi connectivity index (χ0) is 46.0. The Kier molecular flexibility index (Phi) is 14.4. The van der Waals surface area contributed by atoms with Crippen LogP contribution in [-0.2, 0) is 48.0 Å². The molecule has 2 saturated heterocycles. The third-order valence-corrected chi connectivity index (χ3v) is 13.8. The van der Waals surface area contributed by atoms with Gasteiger partial charge in [-0.15, -0.1) is 11.3 Å². The first-order valence-electron chi connectivity index (χ1n) is 22.4. The van der Waals surface area contributed by atoms with Crippen LogP contribution in [0.2, 0.25) is 0 Å². The minimum atomic E-state index is -1.07. The number of cyclic esters (lactones) is 1. The summed E-state index contributed by atoms with van der Waals surface area (Å²) in [6, 6.07) is 7.32. The number of benzene rings is 1. The number of hydrazine groups is 1. The van der Waals surface area contributed by atoms with E-state index in [1.807, 2.05) is 32.2 Å². The molecule has 0 saturated carbocycles. The fourth-order valence-electron chi connectivity index (χ4n) is 9.41. The summed E-state index contributed by atoms with van der Waals surface area (Å²) in [5.74, 6) is -1.67. The number of carbonyl (C=O) groups excluding carboxylic acids is 4. The molecule has 6 heterocycles. The first-order chi connectivity index (χ1) is 30.6. The normalized spacial score (nSPS) is 20.9. The molecule has 2 fully saturated rings. The van der Waals surface area contributed by atoms with Crippen LogP contribution in [0.4, 0.5) is 4.79 Å². The first kappa shape index (κ1) is 47.0. The van der Waals surface area contributed by atoms with E-state index < -0.39 is 41.3 Å². The van der Waals surface area contributed by atoms with Gasteiger partial charge in [-0.1, -0.05) is 33.8 Å². The van der Waals surface area contributed by atoms with Gasteiger partial charge in [-0.05, 0) is 68.9 Å². The number of fused-ring (bicyclic) bond motifs is 6. The lowest BCUT2D eigenvalue weighted by atomic mass is 9.84. The number of methoxy groups -OCH3 is 2. The van der Waals surface area contributed by atoms with Crippen LogP contribution in [0.5, 0.6) is 0 Å². The maximum absolute atomic E-state index is 14.6. The highest BCUT2D eigenvalue weighted by Crippen LogP contribution is 2.42. The molecule has 17 heteroatoms. The van der Waals surface area contributed by atoms with E-state index in [2.05, 4.69) is 60.3 Å². The van der Waals surface area contributed by atoms with Gasteiger partial charge in [0, 0.05) is 98.8 Å². The number of esters is 1. The number of aliphatic hydroxyl groups excluding tert-OH is 1. The van der Waals surface area contributed by atoms with Gasteiger partial charge in [-0.2, -0.15) is 0 Å². The zero-order valence-electron chi connectivity index (χ0n) is 38.6. The topological polar surface area (TPSA) is 181 Å². The van der Waals surface area contributed by atoms with Crippen molar-refractivity contribution in [2.24, 2.45) is 17.3 Å². The predicted octanol–water partition coefficient (Wildman–Crippen LogP) is 5.22. The van der Waals surface area contributed by atoms with E-state index in [-0.39, 0.29) is 49.7 Å². The van der Waals surface area contributed by atoms with Crippen molar-refractivity contribution in [2.75, 3.05) is 54.1 Å². The molecule has 3 aliphatic rings. The van der Waals surface area contributed by atoms with Crippen LogP contribution in [0.1, 0.15) is 76.8 Å². The standard InChI is InChI=1S/C47H64N8O8S/c1-10-54-37-16-15-29-19-32(37)33(42(54)31-13-11-17-48-40(31)28(4)61-8)21-47(5,6)26-63-45(59)34-14-12-18-55(51-34)44(58)35(20-39-49-36(29)25-64-39)50-43(57)41(27(2)3)52(7)46(60)53-22-30(23-53)38(24-56)62-9/h11,13,15-17,19,25,27-28,30,34-35,38,41,51,56H,10,12,14,18,20-24,26H2,1-9H3,(H,50,57)/t28-,34-,35-,38+,41?/m0/s1. The lowest BCUT2D eigenvalue weighted by Crippen LogP contribution is -2.64. The number of thiazole rings is 1. The molecule has 5 atom stereocenters. The van der Waals surface area contributed by atoms with Crippen LogP contribution in [0.15, 0.2) is 41.9 Å². The molecule has 64 heavy (non-hydrogen) atoms. The Bertz CT molecular complexity index is 2340. The van der Waals surface area contributed by atoms with Crippen molar-refractivity contribution in [3.8, 4) is 22.5 Å². The van der Waals surface area contributed by atoms with Crippen molar-refractivity contribution in [3.63, 3.8) is 0 Å². The van der Waals surface area contributed by atoms with Gasteiger partial charge in [-0.25, -0.2) is 15.2 Å². The maximum Gasteiger partial charge on any atom is 0.324 e. The van der Waals surface area contributed by atoms with Gasteiger partial charge < -0.3 is 39.0 Å². The highest BCUT2D eigenvalue weighted by molar-refractivity contribution is 7.10. The lowest BCUT2D eigenvalue weighted by molar-refractivity contribution is -0.155. The van der Waals surface area contributed by atoms with E-state index in [0.717, 1.165) is 44.7 Å². The molecule has 0 aliphatic carbocycles. The second kappa shape index (κ2) is 19.7. The number of aliphatic hydroxyl groups is 1. The molecule has 4 aromatic rings. The van der Waals surface area contributed by atoms with Crippen molar-refractivity contribution in [2.45, 2.75) is 104 Å². The van der Waals surface area contributed by atoms with Gasteiger partial charge in [0.25, 0.3) is 5.91 Å². The average molecular weight is 901 g/mol. The molecule has 1 unspecified atom stereocenters. The van der Waals surface area contributed by atoms with E-state index >= 15 is 0 Å². The summed E-state index contributed by atoms with van der Waals surface area (Å²) in [5, 5.41) is 17.8. The van der Waals surface area contributed by atoms with Gasteiger partial charge in [0.15, 0.2) is 0 Å². The van der Waals surface area contributed by atoms with E-state index in [1.165, 1.54) is 28.4 Å². The van der Waals surface area contributed by atoms with E-state index in [4.69, 9.17) is 24.2 Å². The number of ether oxygens (including phenoxy) is 3. The Morgan fingerprint density at radius 3 is 2.59 bits per heavy atom. The molecule has 7 rings (SSSR count). The number of aromatic nitrogens is 3. The summed E-state index contributed by atoms with van der Waals surface area (Å²) in [4.78, 5) is 69.4. The van der Waals surface area contributed by atoms with Crippen LogP contribution in [-0.4, -0.2) is 137 Å². The number of likely N-dealkylation sites (tertiary alicyclic amines) is 1. The van der Waals surface area contributed by atoms with Gasteiger partial charge >= 0.3 is 12.0 Å². The molecule has 346 valence electrons. The number of likely N-dealkylation sites (N-methyl/N-ethyl adjacent to an activating group) is 1. The molecular formula is C47H64N8O8S. The summed E-state index contributed by atoms with van der Waals surface area (Å²) in [6.07, 6.45) is 2.83. The highest BCUT2D eigenvalue weighted by Gasteiger charge is 2.42. The third kappa shape index (κ3) is 9.55. The molecule has 16 nitrogen and oxygen atoms in total. The van der Waals surface area contributed by atoms with Gasteiger partial charge in [0.1, 0.15) is 18.1 Å². The number of nitrogens with zero attached hydrogens (tertiary/aromatic N) is 6. The quantitative estimate of drug-likeness (QED) is 0.168. The second-order valence-electron chi connectivity index (χ2n) is 18.5. The minimum Gasteiger partial charge on any atom is -0.464 e. The zero-order valence-corrected chi connectivity index (χ0v) is 39.4. The smallest absolute Gasteiger partial charge is 0.324 e. The fraction of sp³-hybridized carbons (Fsp3) is 0.574. The Morgan fingerprint density at radius 2 is 1.91 bits per heavy atom. The molecule has 3 aliphatic heterocycles. The Balaban J connectivity index is 1.26. The Hall–Kier alpha value is -4.94. The van der Waals surface area contributed by atoms with E-state index in [9.17, 15) is 24.3 Å². The van der Waals surface area contributed by atoms with Crippen molar-refractivity contribution < 1.29 is 38.5 Å². The third-order valence-electron chi connectivity index (χ3n) is 13.0. The maximum atomic E-state index is 14.6. The number of pyridine rings is 1. The summed E-state index contributed by atoms with van der Waals surface area (Å²) in [7, 11) is 4.81. The van der Waals surface area contributed by atoms with Gasteiger partial charge in [-0.3, -0.25) is 24.4 Å². The van der Waals surface area contributed by atoms with Crippen LogP contribution < -0.4 is 10.7 Å². The van der Waals surface area contributed by atoms with Crippen molar-refractivity contribution >= 4 is 46.1 Å². The summed E-state index contributed by atoms with van der Waals surface area (Å²) >= 11 is 1.41. The summed E-state index contributed by atoms with van der Waals surface area (Å²) in [5.41, 5.74) is 9.27. The van der Waals surface area contributed by atoms with Gasteiger partial charge in [0.05, 0.1) is 47.5 Å². The van der Waals surface area contributed by atoms with Crippen LogP contribution in [0.3, 0.4) is 0 Å². The van der Waals surface area contributed by atoms with E-state index in [1.54, 1.807) is 25.3 Å². The molecule has 6 bridgehead atoms. The lowest BCUT2D eigenvalue weighted by Gasteiger charge is -2.45. The average Bonchev–Trinajstić information content (AvgIpc) is 3.86. The number of rotatable bonds is 11. The summed E-state index contributed by atoms with van der Waals surface area (Å²) < 4.78 is 19.6. The Labute approximate surface area is 379 Å². The largest absolute Gasteiger partial charge is 0.464 e. The number of hydrogen-bond donors (Lipinski definition) is 3. The monoisotopic (exact) mass is 900 g/mol. The number of urea groups is 1. The second-order valence-corrected chi connectivity index (χ2v) is 19.4. The van der Waals surface area contributed by atoms with Crippen molar-refractivity contribution in [1.82, 2.24) is 40.1 Å². The molecule has 4 amide bonds. The molecule has 1 aromatic carbocycles. The fourth-order valence-corrected chi connectivity index (χ4v) is 10.3. The predicted molar refractivity (Wildman–Crippen MR) is 244 cm³/mol.